The van der Waals surface area contributed by atoms with Crippen molar-refractivity contribution in [2.45, 2.75) is 6.92 Å². The third-order valence-electron chi connectivity index (χ3n) is 2.94. The highest BCUT2D eigenvalue weighted by molar-refractivity contribution is 6.34. The highest BCUT2D eigenvalue weighted by atomic mass is 35.5. The lowest BCUT2D eigenvalue weighted by atomic mass is 10.1. The summed E-state index contributed by atoms with van der Waals surface area (Å²) in [6.45, 7) is 1.94. The van der Waals surface area contributed by atoms with Gasteiger partial charge in [0.1, 0.15) is 11.3 Å². The number of halogens is 1. The molecular formula is C15H10ClNO2. The number of hydrogen-bond acceptors (Lipinski definition) is 3. The number of nitrogens with zero attached hydrogens (tertiary/aromatic N) is 1. The molecule has 94 valence electrons. The highest BCUT2D eigenvalue weighted by Gasteiger charge is 2.18. The maximum absolute atomic E-state index is 12.3. The maximum Gasteiger partial charge on any atom is 0.248 e. The number of aryl methyl sites for hydroxylation is 1. The topological polar surface area (TPSA) is 43.1 Å². The molecule has 0 radical (unpaired) electrons. The van der Waals surface area contributed by atoms with Crippen LogP contribution in [0.3, 0.4) is 0 Å². The van der Waals surface area contributed by atoms with Crippen molar-refractivity contribution in [1.29, 1.82) is 0 Å². The fourth-order valence-electron chi connectivity index (χ4n) is 1.99. The van der Waals surface area contributed by atoms with Crippen LogP contribution in [-0.4, -0.2) is 10.8 Å². The molecule has 0 unspecified atom stereocenters. The first-order chi connectivity index (χ1) is 9.16. The number of ketones is 1. The van der Waals surface area contributed by atoms with Gasteiger partial charge in [-0.2, -0.15) is 0 Å². The number of carbonyl (C=O) groups is 1. The Hall–Kier alpha value is -2.13. The Bertz CT molecular complexity index is 777. The van der Waals surface area contributed by atoms with E-state index in [0.717, 1.165) is 16.5 Å². The minimum atomic E-state index is -0.304. The summed E-state index contributed by atoms with van der Waals surface area (Å²) in [6, 6.07) is 10.8. The summed E-state index contributed by atoms with van der Waals surface area (Å²) in [5.74, 6) is -0.0499. The van der Waals surface area contributed by atoms with Crippen molar-refractivity contribution in [1.82, 2.24) is 4.98 Å². The van der Waals surface area contributed by atoms with Crippen molar-refractivity contribution < 1.29 is 9.21 Å². The van der Waals surface area contributed by atoms with Crippen LogP contribution in [0.1, 0.15) is 21.8 Å². The Kier molecular flexibility index (Phi) is 2.84. The van der Waals surface area contributed by atoms with Gasteiger partial charge in [0.05, 0.1) is 5.02 Å². The molecule has 2 heterocycles. The van der Waals surface area contributed by atoms with Gasteiger partial charge in [0.25, 0.3) is 0 Å². The van der Waals surface area contributed by atoms with E-state index in [9.17, 15) is 4.79 Å². The van der Waals surface area contributed by atoms with Gasteiger partial charge in [-0.05, 0) is 30.7 Å². The van der Waals surface area contributed by atoms with Gasteiger partial charge < -0.3 is 4.42 Å². The highest BCUT2D eigenvalue weighted by Crippen LogP contribution is 2.25. The predicted octanol–water partition coefficient (Wildman–Crippen LogP) is 4.02. The molecule has 0 N–H and O–H groups in total. The molecule has 3 rings (SSSR count). The molecule has 0 atom stereocenters. The second-order valence-electron chi connectivity index (χ2n) is 4.27. The third kappa shape index (κ3) is 2.02. The van der Waals surface area contributed by atoms with Crippen LogP contribution in [-0.2, 0) is 0 Å². The van der Waals surface area contributed by atoms with Gasteiger partial charge in [-0.1, -0.05) is 29.8 Å². The summed E-state index contributed by atoms with van der Waals surface area (Å²) in [4.78, 5) is 16.3. The number of furan rings is 1. The smallest absolute Gasteiger partial charge is 0.248 e. The number of rotatable bonds is 2. The largest absolute Gasteiger partial charge is 0.452 e. The van der Waals surface area contributed by atoms with Crippen LogP contribution < -0.4 is 0 Å². The summed E-state index contributed by atoms with van der Waals surface area (Å²) < 4.78 is 5.62. The maximum atomic E-state index is 12.3. The minimum absolute atomic E-state index is 0.209. The van der Waals surface area contributed by atoms with Crippen molar-refractivity contribution in [2.75, 3.05) is 0 Å². The second-order valence-corrected chi connectivity index (χ2v) is 4.67. The molecule has 0 fully saturated rings. The molecule has 0 spiro atoms. The van der Waals surface area contributed by atoms with E-state index in [1.807, 2.05) is 25.1 Å². The number of fused-ring (bicyclic) bond motifs is 1. The molecule has 0 aliphatic heterocycles. The normalized spacial score (nSPS) is 10.8. The summed E-state index contributed by atoms with van der Waals surface area (Å²) in [7, 11) is 0. The van der Waals surface area contributed by atoms with Crippen molar-refractivity contribution in [3.63, 3.8) is 0 Å². The van der Waals surface area contributed by atoms with E-state index < -0.39 is 0 Å². The number of pyridine rings is 1. The molecule has 0 aliphatic rings. The van der Waals surface area contributed by atoms with Gasteiger partial charge in [0.15, 0.2) is 5.76 Å². The second kappa shape index (κ2) is 4.52. The zero-order chi connectivity index (χ0) is 13.4. The summed E-state index contributed by atoms with van der Waals surface area (Å²) in [6.07, 6.45) is 1.53. The van der Waals surface area contributed by atoms with Crippen LogP contribution in [0, 0.1) is 6.92 Å². The first-order valence-corrected chi connectivity index (χ1v) is 6.19. The van der Waals surface area contributed by atoms with Gasteiger partial charge in [-0.15, -0.1) is 0 Å². The quantitative estimate of drug-likeness (QED) is 0.661. The number of para-hydroxylation sites is 1. The monoisotopic (exact) mass is 271 g/mol. The standard InChI is InChI=1S/C15H10ClNO2/c1-9-4-2-5-10-8-12(19-15(9)10)14(18)13-11(16)6-3-7-17-13/h2-8H,1H3. The van der Waals surface area contributed by atoms with E-state index in [4.69, 9.17) is 16.0 Å². The lowest BCUT2D eigenvalue weighted by Gasteiger charge is -1.98. The van der Waals surface area contributed by atoms with Crippen LogP contribution in [0.15, 0.2) is 47.0 Å². The van der Waals surface area contributed by atoms with Crippen molar-refractivity contribution in [3.05, 3.63) is 64.6 Å². The molecule has 4 heteroatoms. The van der Waals surface area contributed by atoms with Crippen molar-refractivity contribution >= 4 is 28.4 Å². The van der Waals surface area contributed by atoms with Crippen LogP contribution >= 0.6 is 11.6 Å². The first kappa shape index (κ1) is 11.9. The van der Waals surface area contributed by atoms with Crippen molar-refractivity contribution in [3.8, 4) is 0 Å². The van der Waals surface area contributed by atoms with E-state index in [0.29, 0.717) is 5.02 Å². The number of carbonyl (C=O) groups excluding carboxylic acids is 1. The Morgan fingerprint density at radius 2 is 2.11 bits per heavy atom. The Labute approximate surface area is 114 Å². The minimum Gasteiger partial charge on any atom is -0.452 e. The molecule has 0 aliphatic carbocycles. The van der Waals surface area contributed by atoms with E-state index in [1.54, 1.807) is 18.2 Å². The fourth-order valence-corrected chi connectivity index (χ4v) is 2.20. The molecular weight excluding hydrogens is 262 g/mol. The predicted molar refractivity (Wildman–Crippen MR) is 73.6 cm³/mol. The van der Waals surface area contributed by atoms with E-state index in [1.165, 1.54) is 6.20 Å². The van der Waals surface area contributed by atoms with Crippen LogP contribution in [0.4, 0.5) is 0 Å². The molecule has 1 aromatic carbocycles. The summed E-state index contributed by atoms with van der Waals surface area (Å²) in [5, 5.41) is 1.22. The van der Waals surface area contributed by atoms with Crippen LogP contribution in [0.25, 0.3) is 11.0 Å². The Morgan fingerprint density at radius 3 is 2.84 bits per heavy atom. The van der Waals surface area contributed by atoms with Gasteiger partial charge in [-0.3, -0.25) is 9.78 Å². The molecule has 3 aromatic rings. The number of hydrogen-bond donors (Lipinski definition) is 0. The number of benzene rings is 1. The molecule has 0 saturated heterocycles. The lowest BCUT2D eigenvalue weighted by molar-refractivity contribution is 0.101. The van der Waals surface area contributed by atoms with Gasteiger partial charge >= 0.3 is 0 Å². The number of aromatic nitrogens is 1. The summed E-state index contributed by atoms with van der Waals surface area (Å²) >= 11 is 5.97. The lowest BCUT2D eigenvalue weighted by Crippen LogP contribution is -2.03. The van der Waals surface area contributed by atoms with Gasteiger partial charge in [0, 0.05) is 11.6 Å². The Balaban J connectivity index is 2.12. The zero-order valence-corrected chi connectivity index (χ0v) is 10.9. The SMILES string of the molecule is Cc1cccc2cc(C(=O)c3ncccc3Cl)oc12. The van der Waals surface area contributed by atoms with Crippen LogP contribution in [0.2, 0.25) is 5.02 Å². The third-order valence-corrected chi connectivity index (χ3v) is 3.24. The van der Waals surface area contributed by atoms with E-state index in [2.05, 4.69) is 4.98 Å². The summed E-state index contributed by atoms with van der Waals surface area (Å²) in [5.41, 5.74) is 1.92. The molecule has 0 saturated carbocycles. The zero-order valence-electron chi connectivity index (χ0n) is 10.2. The van der Waals surface area contributed by atoms with E-state index in [-0.39, 0.29) is 17.2 Å². The fraction of sp³-hybridized carbons (Fsp3) is 0.0667. The van der Waals surface area contributed by atoms with E-state index >= 15 is 0 Å². The molecule has 3 nitrogen and oxygen atoms in total. The molecule has 0 amide bonds. The molecule has 0 bridgehead atoms. The first-order valence-electron chi connectivity index (χ1n) is 5.81. The van der Waals surface area contributed by atoms with Gasteiger partial charge in [0.2, 0.25) is 5.78 Å². The Morgan fingerprint density at radius 1 is 1.26 bits per heavy atom. The van der Waals surface area contributed by atoms with Gasteiger partial charge in [-0.25, -0.2) is 0 Å². The van der Waals surface area contributed by atoms with Crippen molar-refractivity contribution in [2.24, 2.45) is 0 Å². The molecule has 19 heavy (non-hydrogen) atoms. The average molecular weight is 272 g/mol. The average Bonchev–Trinajstić information content (AvgIpc) is 2.84. The van der Waals surface area contributed by atoms with Crippen LogP contribution in [0.5, 0.6) is 0 Å². The molecule has 2 aromatic heterocycles.